The van der Waals surface area contributed by atoms with Crippen molar-refractivity contribution < 1.29 is 15.5 Å². The third-order valence-corrected chi connectivity index (χ3v) is 4.16. The van der Waals surface area contributed by atoms with E-state index >= 15 is 0 Å². The zero-order valence-electron chi connectivity index (χ0n) is 9.60. The van der Waals surface area contributed by atoms with Crippen molar-refractivity contribution >= 4 is 25.8 Å². The Bertz CT molecular complexity index is 497. The van der Waals surface area contributed by atoms with E-state index in [1.807, 2.05) is 12.8 Å². The van der Waals surface area contributed by atoms with Crippen molar-refractivity contribution in [1.82, 2.24) is 4.98 Å². The lowest BCUT2D eigenvalue weighted by Gasteiger charge is -2.43. The molecule has 18 heavy (non-hydrogen) atoms. The molecule has 0 amide bonds. The summed E-state index contributed by atoms with van der Waals surface area (Å²) in [4.78, 5) is 3.10. The van der Waals surface area contributed by atoms with Crippen LogP contribution in [0.1, 0.15) is 26.2 Å². The average molecular weight is 346 g/mol. The summed E-state index contributed by atoms with van der Waals surface area (Å²) in [5.74, 6) is 1.87. The molecule has 1 aromatic heterocycles. The van der Waals surface area contributed by atoms with Gasteiger partial charge in [0.1, 0.15) is 0 Å². The molecule has 1 heterocycles. The summed E-state index contributed by atoms with van der Waals surface area (Å²) in [5, 5.41) is -0.648. The van der Waals surface area contributed by atoms with Crippen LogP contribution >= 0.6 is 25.8 Å². The number of pyridine rings is 1. The van der Waals surface area contributed by atoms with Crippen LogP contribution < -0.4 is 0 Å². The van der Waals surface area contributed by atoms with Crippen LogP contribution in [0, 0.1) is 11.2 Å². The fraction of sp³-hybridized carbons (Fsp3) is 0.364. The molecule has 0 saturated heterocycles. The summed E-state index contributed by atoms with van der Waals surface area (Å²) in [5.41, 5.74) is 0. The molecule has 0 spiro atoms. The Hall–Kier alpha value is -0.740. The molecule has 1 rings (SSSR count). The standard InChI is InChI=1S/C11H12BrF4NS/c1-2-3-4-5-8-18(13,14,15,16)11-7-6-10(12)9-17-11/h6-7,9H,2-4H2,1H3. The maximum absolute atomic E-state index is 13.6. The first-order valence-corrected chi connectivity index (χ1v) is 8.05. The van der Waals surface area contributed by atoms with Crippen molar-refractivity contribution in [1.29, 1.82) is 0 Å². The minimum Gasteiger partial charge on any atom is -0.241 e. The maximum Gasteiger partial charge on any atom is 0.255 e. The number of nitrogens with zero attached hydrogens (tertiary/aromatic N) is 1. The van der Waals surface area contributed by atoms with Gasteiger partial charge in [0, 0.05) is 22.3 Å². The molecule has 1 aromatic rings. The number of hydrogen-bond donors (Lipinski definition) is 0. The molecule has 0 bridgehead atoms. The Balaban J connectivity index is 3.18. The van der Waals surface area contributed by atoms with Gasteiger partial charge in [-0.15, -0.1) is 15.5 Å². The van der Waals surface area contributed by atoms with E-state index in [0.29, 0.717) is 23.4 Å². The summed E-state index contributed by atoms with van der Waals surface area (Å²) in [6.07, 6.45) is 2.14. The summed E-state index contributed by atoms with van der Waals surface area (Å²) in [6.45, 7) is 1.82. The highest BCUT2D eigenvalue weighted by Crippen LogP contribution is 2.99. The lowest BCUT2D eigenvalue weighted by molar-refractivity contribution is 0.462. The van der Waals surface area contributed by atoms with Crippen LogP contribution in [0.3, 0.4) is 0 Å². The lowest BCUT2D eigenvalue weighted by Crippen LogP contribution is -2.12. The topological polar surface area (TPSA) is 12.9 Å². The Labute approximate surface area is 112 Å². The van der Waals surface area contributed by atoms with Gasteiger partial charge < -0.3 is 0 Å². The minimum atomic E-state index is -8.56. The first-order chi connectivity index (χ1) is 8.07. The molecule has 7 heteroatoms. The minimum absolute atomic E-state index is 0.0225. The number of rotatable bonds is 3. The second kappa shape index (κ2) is 4.42. The second-order valence-corrected chi connectivity index (χ2v) is 7.44. The molecule has 0 aliphatic rings. The summed E-state index contributed by atoms with van der Waals surface area (Å²) in [7, 11) is -8.56. The van der Waals surface area contributed by atoms with Gasteiger partial charge in [-0.1, -0.05) is 19.3 Å². The van der Waals surface area contributed by atoms with Crippen LogP contribution in [-0.2, 0) is 0 Å². The van der Waals surface area contributed by atoms with E-state index in [2.05, 4.69) is 20.9 Å². The van der Waals surface area contributed by atoms with Crippen LogP contribution in [0.5, 0.6) is 0 Å². The highest BCUT2D eigenvalue weighted by Gasteiger charge is 2.64. The van der Waals surface area contributed by atoms with Crippen molar-refractivity contribution in [3.8, 4) is 11.2 Å². The molecule has 102 valence electrons. The summed E-state index contributed by atoms with van der Waals surface area (Å²) < 4.78 is 54.8. The second-order valence-electron chi connectivity index (χ2n) is 3.77. The van der Waals surface area contributed by atoms with Crippen molar-refractivity contribution in [2.45, 2.75) is 31.2 Å². The maximum atomic E-state index is 13.6. The van der Waals surface area contributed by atoms with Gasteiger partial charge in [-0.2, -0.15) is 0 Å². The van der Waals surface area contributed by atoms with Crippen molar-refractivity contribution in [2.24, 2.45) is 0 Å². The Morgan fingerprint density at radius 1 is 1.28 bits per heavy atom. The average Bonchev–Trinajstić information content (AvgIpc) is 2.24. The van der Waals surface area contributed by atoms with Gasteiger partial charge in [-0.3, -0.25) is 0 Å². The Kier molecular flexibility index (Phi) is 3.76. The highest BCUT2D eigenvalue weighted by molar-refractivity contribution is 9.10. The van der Waals surface area contributed by atoms with Crippen LogP contribution in [-0.4, -0.2) is 4.98 Å². The van der Waals surface area contributed by atoms with E-state index in [0.717, 1.165) is 17.5 Å². The van der Waals surface area contributed by atoms with Gasteiger partial charge in [0.05, 0.1) is 0 Å². The molecule has 0 unspecified atom stereocenters. The largest absolute Gasteiger partial charge is 0.255 e. The molecule has 0 aromatic carbocycles. The lowest BCUT2D eigenvalue weighted by atomic mass is 10.3. The predicted octanol–water partition coefficient (Wildman–Crippen LogP) is 5.77. The summed E-state index contributed by atoms with van der Waals surface area (Å²) in [6, 6.07) is 1.69. The van der Waals surface area contributed by atoms with Gasteiger partial charge in [-0.25, -0.2) is 4.98 Å². The number of halogens is 5. The number of aromatic nitrogens is 1. The van der Waals surface area contributed by atoms with Crippen LogP contribution in [0.25, 0.3) is 0 Å². The molecular formula is C11H12BrF4NS. The predicted molar refractivity (Wildman–Crippen MR) is 69.5 cm³/mol. The molecule has 0 atom stereocenters. The molecule has 0 aliphatic heterocycles. The van der Waals surface area contributed by atoms with Gasteiger partial charge in [0.2, 0.25) is 0 Å². The van der Waals surface area contributed by atoms with Gasteiger partial charge in [0.15, 0.2) is 5.03 Å². The van der Waals surface area contributed by atoms with E-state index in [1.165, 1.54) is 0 Å². The Morgan fingerprint density at radius 3 is 2.44 bits per heavy atom. The van der Waals surface area contributed by atoms with Crippen LogP contribution in [0.4, 0.5) is 15.5 Å². The molecule has 0 radical (unpaired) electrons. The Morgan fingerprint density at radius 2 is 1.94 bits per heavy atom. The number of unbranched alkanes of at least 4 members (excludes halogenated alkanes) is 2. The van der Waals surface area contributed by atoms with Gasteiger partial charge in [0.25, 0.3) is 9.84 Å². The molecule has 0 fully saturated rings. The molecule has 0 saturated carbocycles. The van der Waals surface area contributed by atoms with Gasteiger partial charge >= 0.3 is 0 Å². The van der Waals surface area contributed by atoms with E-state index in [4.69, 9.17) is 0 Å². The fourth-order valence-electron chi connectivity index (χ4n) is 1.12. The zero-order chi connectivity index (χ0) is 13.9. The van der Waals surface area contributed by atoms with E-state index < -0.39 is 14.9 Å². The highest BCUT2D eigenvalue weighted by atomic mass is 79.9. The normalized spacial score (nSPS) is 15.2. The van der Waals surface area contributed by atoms with E-state index in [9.17, 15) is 15.5 Å². The van der Waals surface area contributed by atoms with Crippen LogP contribution in [0.2, 0.25) is 0 Å². The van der Waals surface area contributed by atoms with Crippen molar-refractivity contribution in [3.05, 3.63) is 22.8 Å². The number of hydrogen-bond acceptors (Lipinski definition) is 1. The molecule has 0 aliphatic carbocycles. The zero-order valence-corrected chi connectivity index (χ0v) is 12.0. The monoisotopic (exact) mass is 345 g/mol. The molecule has 1 nitrogen and oxygen atoms in total. The summed E-state index contributed by atoms with van der Waals surface area (Å²) >= 11 is 2.95. The third-order valence-electron chi connectivity index (χ3n) is 2.05. The van der Waals surface area contributed by atoms with Crippen LogP contribution in [0.15, 0.2) is 27.8 Å². The first kappa shape index (κ1) is 15.3. The fourth-order valence-corrected chi connectivity index (χ4v) is 2.46. The smallest absolute Gasteiger partial charge is 0.241 e. The van der Waals surface area contributed by atoms with Crippen molar-refractivity contribution in [2.75, 3.05) is 0 Å². The molecule has 0 N–H and O–H groups in total. The quantitative estimate of drug-likeness (QED) is 0.385. The van der Waals surface area contributed by atoms with E-state index in [-0.39, 0.29) is 6.42 Å². The third kappa shape index (κ3) is 3.89. The van der Waals surface area contributed by atoms with Gasteiger partial charge in [-0.05, 0) is 34.5 Å². The molecular weight excluding hydrogens is 334 g/mol. The van der Waals surface area contributed by atoms with E-state index in [1.54, 1.807) is 0 Å². The first-order valence-electron chi connectivity index (χ1n) is 5.21. The SMILES string of the molecule is CCCCC#CS(F)(F)(F)(F)c1ccc(Br)cn1. The van der Waals surface area contributed by atoms with Crippen molar-refractivity contribution in [3.63, 3.8) is 0 Å².